The average molecular weight is 599 g/mol. The van der Waals surface area contributed by atoms with Crippen LogP contribution < -0.4 is 9.47 Å². The van der Waals surface area contributed by atoms with E-state index in [9.17, 15) is 15.2 Å². The quantitative estimate of drug-likeness (QED) is 0.278. The van der Waals surface area contributed by atoms with Gasteiger partial charge >= 0.3 is 5.97 Å². The number of carboxylic acid groups (broad SMARTS) is 1. The SMILES string of the molecule is N#Cc1cc(C(=O)O)cc2c1nc(CN1CCC(c3cccc4c3OC[C@@H](c3ccc(Cl)cc3)O4)CC1)n2C[C@@H]1CCO1. The molecule has 0 saturated carbocycles. The number of nitrogens with zero attached hydrogens (tertiary/aromatic N) is 4. The lowest BCUT2D eigenvalue weighted by atomic mass is 9.88. The third kappa shape index (κ3) is 5.42. The van der Waals surface area contributed by atoms with Crippen LogP contribution in [-0.4, -0.2) is 57.9 Å². The van der Waals surface area contributed by atoms with Crippen LogP contribution in [0.15, 0.2) is 54.6 Å². The van der Waals surface area contributed by atoms with E-state index in [-0.39, 0.29) is 23.3 Å². The fourth-order valence-electron chi connectivity index (χ4n) is 6.33. The molecule has 0 spiro atoms. The third-order valence-corrected chi connectivity index (χ3v) is 9.02. The van der Waals surface area contributed by atoms with Crippen LogP contribution in [-0.2, 0) is 17.8 Å². The number of carboxylic acids is 1. The number of nitriles is 1. The Morgan fingerprint density at radius 1 is 1.12 bits per heavy atom. The number of halogens is 1. The van der Waals surface area contributed by atoms with Gasteiger partial charge in [-0.15, -0.1) is 0 Å². The molecule has 0 bridgehead atoms. The number of aromatic carboxylic acids is 1. The Morgan fingerprint density at radius 2 is 1.91 bits per heavy atom. The number of likely N-dealkylation sites (tertiary alicyclic amines) is 1. The molecule has 220 valence electrons. The fourth-order valence-corrected chi connectivity index (χ4v) is 6.45. The minimum absolute atomic E-state index is 0.0617. The Hall–Kier alpha value is -4.10. The number of aromatic nitrogens is 2. The molecule has 3 aromatic carbocycles. The molecular formula is C33H31ClN4O5. The van der Waals surface area contributed by atoms with E-state index in [1.807, 2.05) is 41.0 Å². The predicted octanol–water partition coefficient (Wildman–Crippen LogP) is 5.94. The van der Waals surface area contributed by atoms with Gasteiger partial charge in [0.05, 0.1) is 35.8 Å². The molecule has 0 unspecified atom stereocenters. The smallest absolute Gasteiger partial charge is 0.335 e. The third-order valence-electron chi connectivity index (χ3n) is 8.77. The Labute approximate surface area is 254 Å². The lowest BCUT2D eigenvalue weighted by Crippen LogP contribution is -2.35. The number of fused-ring (bicyclic) bond motifs is 2. The van der Waals surface area contributed by atoms with Crippen LogP contribution in [0.2, 0.25) is 5.02 Å². The van der Waals surface area contributed by atoms with Crippen molar-refractivity contribution in [2.45, 2.75) is 50.5 Å². The fraction of sp³-hybridized carbons (Fsp3) is 0.364. The highest BCUT2D eigenvalue weighted by Crippen LogP contribution is 2.44. The van der Waals surface area contributed by atoms with E-state index in [0.29, 0.717) is 41.7 Å². The molecule has 0 radical (unpaired) electrons. The summed E-state index contributed by atoms with van der Waals surface area (Å²) in [7, 11) is 0. The molecule has 7 rings (SSSR count). The minimum atomic E-state index is -1.06. The highest BCUT2D eigenvalue weighted by molar-refractivity contribution is 6.30. The van der Waals surface area contributed by atoms with Crippen molar-refractivity contribution < 1.29 is 24.1 Å². The van der Waals surface area contributed by atoms with Crippen molar-refractivity contribution in [2.24, 2.45) is 0 Å². The van der Waals surface area contributed by atoms with Gasteiger partial charge in [0.25, 0.3) is 0 Å². The Balaban J connectivity index is 1.08. The molecule has 1 aromatic heterocycles. The number of hydrogen-bond acceptors (Lipinski definition) is 7. The maximum absolute atomic E-state index is 11.8. The van der Waals surface area contributed by atoms with Crippen LogP contribution in [0.3, 0.4) is 0 Å². The maximum Gasteiger partial charge on any atom is 0.335 e. The van der Waals surface area contributed by atoms with Crippen molar-refractivity contribution in [3.63, 3.8) is 0 Å². The second-order valence-electron chi connectivity index (χ2n) is 11.4. The summed E-state index contributed by atoms with van der Waals surface area (Å²) in [4.78, 5) is 19.0. The molecule has 2 fully saturated rings. The highest BCUT2D eigenvalue weighted by Gasteiger charge is 2.31. The molecule has 43 heavy (non-hydrogen) atoms. The van der Waals surface area contributed by atoms with Crippen LogP contribution in [0.4, 0.5) is 0 Å². The zero-order valence-electron chi connectivity index (χ0n) is 23.5. The summed E-state index contributed by atoms with van der Waals surface area (Å²) in [5.74, 6) is 1.71. The van der Waals surface area contributed by atoms with Crippen LogP contribution in [0, 0.1) is 11.3 Å². The van der Waals surface area contributed by atoms with E-state index in [2.05, 4.69) is 17.0 Å². The number of rotatable bonds is 7. The molecule has 4 heterocycles. The largest absolute Gasteiger partial charge is 0.485 e. The second-order valence-corrected chi connectivity index (χ2v) is 11.9. The summed E-state index contributed by atoms with van der Waals surface area (Å²) >= 11 is 6.06. The molecule has 0 aliphatic carbocycles. The van der Waals surface area contributed by atoms with Crippen molar-refractivity contribution in [3.05, 3.63) is 87.7 Å². The topological polar surface area (TPSA) is 110 Å². The molecular weight excluding hydrogens is 568 g/mol. The van der Waals surface area contributed by atoms with E-state index in [1.54, 1.807) is 6.07 Å². The van der Waals surface area contributed by atoms with Gasteiger partial charge in [-0.05, 0) is 74.2 Å². The first-order valence-electron chi connectivity index (χ1n) is 14.6. The van der Waals surface area contributed by atoms with Gasteiger partial charge < -0.3 is 23.9 Å². The lowest BCUT2D eigenvalue weighted by Gasteiger charge is -2.35. The van der Waals surface area contributed by atoms with Gasteiger partial charge in [-0.2, -0.15) is 5.26 Å². The van der Waals surface area contributed by atoms with E-state index in [4.69, 9.17) is 30.8 Å². The van der Waals surface area contributed by atoms with Gasteiger partial charge in [0.2, 0.25) is 0 Å². The van der Waals surface area contributed by atoms with Crippen LogP contribution in [0.5, 0.6) is 11.5 Å². The highest BCUT2D eigenvalue weighted by atomic mass is 35.5. The number of carbonyl (C=O) groups is 1. The van der Waals surface area contributed by atoms with Gasteiger partial charge in [-0.25, -0.2) is 9.78 Å². The van der Waals surface area contributed by atoms with Crippen molar-refractivity contribution >= 4 is 28.6 Å². The summed E-state index contributed by atoms with van der Waals surface area (Å²) in [6.45, 7) is 4.11. The number of ether oxygens (including phenoxy) is 3. The second kappa shape index (κ2) is 11.5. The Morgan fingerprint density at radius 3 is 2.60 bits per heavy atom. The van der Waals surface area contributed by atoms with Gasteiger partial charge in [-0.3, -0.25) is 4.90 Å². The van der Waals surface area contributed by atoms with Crippen molar-refractivity contribution in [1.82, 2.24) is 14.5 Å². The lowest BCUT2D eigenvalue weighted by molar-refractivity contribution is -0.0592. The summed E-state index contributed by atoms with van der Waals surface area (Å²) in [6, 6.07) is 19.0. The first kappa shape index (κ1) is 27.7. The summed E-state index contributed by atoms with van der Waals surface area (Å²) in [5, 5.41) is 20.1. The maximum atomic E-state index is 11.8. The predicted molar refractivity (Wildman–Crippen MR) is 160 cm³/mol. The summed E-state index contributed by atoms with van der Waals surface area (Å²) < 4.78 is 20.4. The van der Waals surface area contributed by atoms with E-state index < -0.39 is 5.97 Å². The zero-order valence-corrected chi connectivity index (χ0v) is 24.3. The van der Waals surface area contributed by atoms with Crippen LogP contribution in [0.25, 0.3) is 11.0 Å². The summed E-state index contributed by atoms with van der Waals surface area (Å²) in [5.41, 5.74) is 3.79. The number of imidazole rings is 1. The number of para-hydroxylation sites is 1. The van der Waals surface area contributed by atoms with E-state index in [0.717, 1.165) is 61.8 Å². The Bertz CT molecular complexity index is 1720. The first-order chi connectivity index (χ1) is 21.0. The number of piperidine rings is 1. The van der Waals surface area contributed by atoms with Crippen molar-refractivity contribution in [3.8, 4) is 17.6 Å². The molecule has 3 aliphatic heterocycles. The van der Waals surface area contributed by atoms with Crippen molar-refractivity contribution in [2.75, 3.05) is 26.3 Å². The van der Waals surface area contributed by atoms with E-state index in [1.165, 1.54) is 11.6 Å². The standard InChI is InChI=1S/C33H31ClN4O5/c34-24-6-4-21(5-7-24)29-19-42-32-26(2-1-3-28(32)43-29)20-8-11-37(12-9-20)18-30-36-31-23(16-35)14-22(33(39)40)15-27(31)38(30)17-25-10-13-41-25/h1-7,14-15,20,25,29H,8-13,17-19H2,(H,39,40)/t25-,29-/m0/s1. The summed E-state index contributed by atoms with van der Waals surface area (Å²) in [6.07, 6.45) is 2.74. The molecule has 10 heteroatoms. The molecule has 2 atom stereocenters. The van der Waals surface area contributed by atoms with Gasteiger partial charge in [-0.1, -0.05) is 35.9 Å². The van der Waals surface area contributed by atoms with Gasteiger partial charge in [0.15, 0.2) is 17.6 Å². The van der Waals surface area contributed by atoms with Crippen LogP contribution >= 0.6 is 11.6 Å². The van der Waals surface area contributed by atoms with Gasteiger partial charge in [0.1, 0.15) is 24.0 Å². The molecule has 1 N–H and O–H groups in total. The zero-order chi connectivity index (χ0) is 29.5. The molecule has 9 nitrogen and oxygen atoms in total. The van der Waals surface area contributed by atoms with Gasteiger partial charge in [0, 0.05) is 17.2 Å². The number of hydrogen-bond donors (Lipinski definition) is 1. The molecule has 3 aliphatic rings. The molecule has 2 saturated heterocycles. The Kier molecular flexibility index (Phi) is 7.43. The monoisotopic (exact) mass is 598 g/mol. The van der Waals surface area contributed by atoms with E-state index >= 15 is 0 Å². The minimum Gasteiger partial charge on any atom is -0.485 e. The first-order valence-corrected chi connectivity index (χ1v) is 15.0. The normalized spacial score (nSPS) is 20.5. The van der Waals surface area contributed by atoms with Crippen molar-refractivity contribution in [1.29, 1.82) is 5.26 Å². The molecule has 0 amide bonds. The average Bonchev–Trinajstić information content (AvgIpc) is 3.35. The molecule has 4 aromatic rings. The van der Waals surface area contributed by atoms with Crippen LogP contribution in [0.1, 0.15) is 64.2 Å². The number of benzene rings is 3.